The highest BCUT2D eigenvalue weighted by molar-refractivity contribution is 7.90. The van der Waals surface area contributed by atoms with E-state index < -0.39 is 16.0 Å². The maximum Gasteiger partial charge on any atom is 0.303 e. The second-order valence-electron chi connectivity index (χ2n) is 5.95. The summed E-state index contributed by atoms with van der Waals surface area (Å²) >= 11 is 13.4. The Morgan fingerprint density at radius 1 is 1.25 bits per heavy atom. The van der Waals surface area contributed by atoms with Crippen LogP contribution < -0.4 is 0 Å². The number of carboxylic acid groups (broad SMARTS) is 1. The molecule has 1 N–H and O–H groups in total. The fraction of sp³-hybridized carbons (Fsp3) is 0.188. The largest absolute Gasteiger partial charge is 0.481 e. The number of carboxylic acids is 1. The Labute approximate surface area is 173 Å². The molecule has 0 atom stereocenters. The zero-order valence-electron chi connectivity index (χ0n) is 14.0. The zero-order chi connectivity index (χ0) is 20.1. The van der Waals surface area contributed by atoms with Crippen LogP contribution in [0.5, 0.6) is 0 Å². The van der Waals surface area contributed by atoms with Gasteiger partial charge in [0.2, 0.25) is 5.03 Å². The van der Waals surface area contributed by atoms with Gasteiger partial charge in [-0.3, -0.25) is 9.20 Å². The van der Waals surface area contributed by atoms with Gasteiger partial charge in [0.15, 0.2) is 10.1 Å². The van der Waals surface area contributed by atoms with Crippen LogP contribution in [0.3, 0.4) is 0 Å². The van der Waals surface area contributed by atoms with Crippen LogP contribution >= 0.6 is 34.5 Å². The van der Waals surface area contributed by atoms with Crippen molar-refractivity contribution in [3.05, 3.63) is 45.8 Å². The molecule has 0 unspecified atom stereocenters. The summed E-state index contributed by atoms with van der Waals surface area (Å²) in [5.41, 5.74) is 1.12. The maximum absolute atomic E-state index is 13.6. The Hall–Kier alpha value is -2.14. The van der Waals surface area contributed by atoms with E-state index in [-0.39, 0.29) is 34.6 Å². The van der Waals surface area contributed by atoms with E-state index in [1.54, 1.807) is 23.7 Å². The van der Waals surface area contributed by atoms with Gasteiger partial charge in [-0.2, -0.15) is 8.42 Å². The SMILES string of the molecule is O=C(O)CCCc1cc2nc(Cl)ccc2n1S(=O)(=O)c1c(Cl)nc2sccn12. The van der Waals surface area contributed by atoms with Crippen LogP contribution in [0.15, 0.2) is 34.8 Å². The third kappa shape index (κ3) is 3.16. The molecule has 0 saturated heterocycles. The minimum Gasteiger partial charge on any atom is -0.481 e. The predicted octanol–water partition coefficient (Wildman–Crippen LogP) is 3.70. The molecule has 0 aliphatic rings. The number of nitrogens with zero attached hydrogens (tertiary/aromatic N) is 4. The lowest BCUT2D eigenvalue weighted by Gasteiger charge is -2.11. The molecule has 0 aliphatic carbocycles. The molecule has 4 aromatic rings. The van der Waals surface area contributed by atoms with Crippen LogP contribution in [0, 0.1) is 0 Å². The number of thiazole rings is 1. The highest BCUT2D eigenvalue weighted by Gasteiger charge is 2.30. The Balaban J connectivity index is 1.94. The number of aliphatic carboxylic acids is 1. The Bertz CT molecular complexity index is 1320. The first-order chi connectivity index (χ1) is 13.3. The van der Waals surface area contributed by atoms with Crippen molar-refractivity contribution in [3.8, 4) is 0 Å². The minimum absolute atomic E-state index is 0.0853. The molecule has 146 valence electrons. The second kappa shape index (κ2) is 7.03. The summed E-state index contributed by atoms with van der Waals surface area (Å²) in [6, 6.07) is 4.65. The van der Waals surface area contributed by atoms with Crippen LogP contribution in [0.25, 0.3) is 16.0 Å². The van der Waals surface area contributed by atoms with E-state index in [2.05, 4.69) is 9.97 Å². The van der Waals surface area contributed by atoms with Crippen molar-refractivity contribution in [2.24, 2.45) is 0 Å². The summed E-state index contributed by atoms with van der Waals surface area (Å²) < 4.78 is 29.7. The van der Waals surface area contributed by atoms with E-state index in [1.807, 2.05) is 0 Å². The van der Waals surface area contributed by atoms with Crippen molar-refractivity contribution in [2.75, 3.05) is 0 Å². The molecule has 4 rings (SSSR count). The number of fused-ring (bicyclic) bond motifs is 2. The van der Waals surface area contributed by atoms with Gasteiger partial charge in [0.25, 0.3) is 10.0 Å². The lowest BCUT2D eigenvalue weighted by Crippen LogP contribution is -2.18. The molecule has 28 heavy (non-hydrogen) atoms. The number of aryl methyl sites for hydroxylation is 1. The van der Waals surface area contributed by atoms with Gasteiger partial charge < -0.3 is 5.11 Å². The maximum atomic E-state index is 13.6. The average molecular weight is 459 g/mol. The monoisotopic (exact) mass is 458 g/mol. The van der Waals surface area contributed by atoms with Gasteiger partial charge in [-0.25, -0.2) is 13.9 Å². The van der Waals surface area contributed by atoms with Crippen LogP contribution in [-0.4, -0.2) is 37.8 Å². The summed E-state index contributed by atoms with van der Waals surface area (Å²) in [5, 5.41) is 10.5. The molecule has 12 heteroatoms. The van der Waals surface area contributed by atoms with Crippen molar-refractivity contribution < 1.29 is 18.3 Å². The highest BCUT2D eigenvalue weighted by atomic mass is 35.5. The van der Waals surface area contributed by atoms with E-state index in [4.69, 9.17) is 28.3 Å². The first-order valence-electron chi connectivity index (χ1n) is 8.04. The number of halogens is 2. The summed E-state index contributed by atoms with van der Waals surface area (Å²) in [6.45, 7) is 0. The molecule has 0 aliphatic heterocycles. The Morgan fingerprint density at radius 2 is 2.04 bits per heavy atom. The van der Waals surface area contributed by atoms with E-state index in [0.717, 1.165) is 3.97 Å². The van der Waals surface area contributed by atoms with Crippen molar-refractivity contribution in [3.63, 3.8) is 0 Å². The third-order valence-corrected chi connectivity index (χ3v) is 7.27. The van der Waals surface area contributed by atoms with E-state index in [9.17, 15) is 13.2 Å². The number of aromatic nitrogens is 4. The van der Waals surface area contributed by atoms with E-state index in [1.165, 1.54) is 21.8 Å². The Morgan fingerprint density at radius 3 is 2.79 bits per heavy atom. The first kappa shape index (κ1) is 19.2. The quantitative estimate of drug-likeness (QED) is 0.441. The number of rotatable bonds is 6. The van der Waals surface area contributed by atoms with Gasteiger partial charge in [-0.1, -0.05) is 23.2 Å². The van der Waals surface area contributed by atoms with E-state index in [0.29, 0.717) is 21.7 Å². The smallest absolute Gasteiger partial charge is 0.303 e. The molecule has 0 fully saturated rings. The van der Waals surface area contributed by atoms with Crippen LogP contribution in [0.1, 0.15) is 18.5 Å². The summed E-state index contributed by atoms with van der Waals surface area (Å²) in [5.74, 6) is -0.953. The number of pyridine rings is 1. The van der Waals surface area contributed by atoms with Crippen LogP contribution in [0.2, 0.25) is 10.3 Å². The molecule has 0 spiro atoms. The van der Waals surface area contributed by atoms with Gasteiger partial charge in [-0.15, -0.1) is 11.3 Å². The second-order valence-corrected chi connectivity index (χ2v) is 9.27. The number of imidazole rings is 1. The molecular weight excluding hydrogens is 447 g/mol. The van der Waals surface area contributed by atoms with Crippen molar-refractivity contribution >= 4 is 66.5 Å². The number of hydrogen-bond donors (Lipinski definition) is 1. The van der Waals surface area contributed by atoms with E-state index >= 15 is 0 Å². The molecule has 0 radical (unpaired) electrons. The van der Waals surface area contributed by atoms with Gasteiger partial charge in [0.1, 0.15) is 5.15 Å². The molecule has 8 nitrogen and oxygen atoms in total. The fourth-order valence-electron chi connectivity index (χ4n) is 3.03. The van der Waals surface area contributed by atoms with Crippen molar-refractivity contribution in [1.82, 2.24) is 18.3 Å². The van der Waals surface area contributed by atoms with Crippen molar-refractivity contribution in [1.29, 1.82) is 0 Å². The molecular formula is C16H12Cl2N4O4S2. The molecule has 4 heterocycles. The highest BCUT2D eigenvalue weighted by Crippen LogP contribution is 2.31. The average Bonchev–Trinajstić information content (AvgIpc) is 3.25. The zero-order valence-corrected chi connectivity index (χ0v) is 17.2. The van der Waals surface area contributed by atoms with Crippen LogP contribution in [-0.2, 0) is 21.2 Å². The standard InChI is InChI=1S/C16H12Cl2N4O4S2/c17-12-5-4-11-10(19-12)8-9(2-1-3-13(23)24)22(11)28(25,26)15-14(18)20-16-21(15)6-7-27-16/h4-8H,1-3H2,(H,23,24). The normalized spacial score (nSPS) is 12.2. The fourth-order valence-corrected chi connectivity index (χ4v) is 6.16. The number of hydrogen-bond acceptors (Lipinski definition) is 6. The molecule has 0 aromatic carbocycles. The molecule has 4 aromatic heterocycles. The third-order valence-electron chi connectivity index (χ3n) is 4.14. The van der Waals surface area contributed by atoms with Gasteiger partial charge in [0, 0.05) is 23.7 Å². The van der Waals surface area contributed by atoms with Gasteiger partial charge >= 0.3 is 5.97 Å². The van der Waals surface area contributed by atoms with Gasteiger partial charge in [0.05, 0.1) is 11.0 Å². The van der Waals surface area contributed by atoms with Crippen LogP contribution in [0.4, 0.5) is 0 Å². The Kier molecular flexibility index (Phi) is 4.82. The molecule has 0 bridgehead atoms. The van der Waals surface area contributed by atoms with Crippen molar-refractivity contribution in [2.45, 2.75) is 24.3 Å². The summed E-state index contributed by atoms with van der Waals surface area (Å²) in [6.07, 6.45) is 1.99. The number of carbonyl (C=O) groups is 1. The lowest BCUT2D eigenvalue weighted by atomic mass is 10.2. The minimum atomic E-state index is -4.14. The lowest BCUT2D eigenvalue weighted by molar-refractivity contribution is -0.137. The first-order valence-corrected chi connectivity index (χ1v) is 11.1. The summed E-state index contributed by atoms with van der Waals surface area (Å²) in [4.78, 5) is 19.6. The summed E-state index contributed by atoms with van der Waals surface area (Å²) in [7, 11) is -4.14. The molecule has 0 amide bonds. The van der Waals surface area contributed by atoms with Gasteiger partial charge in [-0.05, 0) is 31.0 Å². The predicted molar refractivity (Wildman–Crippen MR) is 106 cm³/mol. The molecule has 0 saturated carbocycles. The topological polar surface area (TPSA) is 107 Å².